The van der Waals surface area contributed by atoms with Gasteiger partial charge in [-0.15, -0.1) is 0 Å². The van der Waals surface area contributed by atoms with Crippen molar-refractivity contribution in [3.8, 4) is 33.6 Å². The Morgan fingerprint density at radius 1 is 0.203 bits per heavy atom. The fourth-order valence-corrected chi connectivity index (χ4v) is 11.2. The zero-order valence-electron chi connectivity index (χ0n) is 34.8. The van der Waals surface area contributed by atoms with Crippen LogP contribution in [0.15, 0.2) is 231 Å². The molecule has 0 aliphatic carbocycles. The van der Waals surface area contributed by atoms with Gasteiger partial charge in [0.15, 0.2) is 0 Å². The van der Waals surface area contributed by atoms with Crippen LogP contribution < -0.4 is 0 Å². The van der Waals surface area contributed by atoms with Crippen LogP contribution in [0.1, 0.15) is 0 Å². The molecule has 14 aromatic rings. The van der Waals surface area contributed by atoms with Crippen molar-refractivity contribution < 1.29 is 0 Å². The standard InChI is InChI=1S/C62H38N2/c1-3-19-43-39(16-1)18-15-27-51(43)61-52-34-32-42(64-59-30-13-9-25-49(59)50-26-10-14-31-60(50)64)38-56(52)62(54-36-40-17-2-4-20-44(40)45-21-5-6-22-46(45)54)53-35-33-41(37-55(53)61)63-57-28-11-7-23-47(57)48-24-8-12-29-58(48)63/h1-38H. The maximum Gasteiger partial charge on any atom is 0.0541 e. The van der Waals surface area contributed by atoms with Crippen molar-refractivity contribution >= 4 is 97.5 Å². The summed E-state index contributed by atoms with van der Waals surface area (Å²) >= 11 is 0. The Morgan fingerprint density at radius 3 is 1.12 bits per heavy atom. The van der Waals surface area contributed by atoms with Crippen LogP contribution in [0.5, 0.6) is 0 Å². The normalized spacial score (nSPS) is 12.1. The first kappa shape index (κ1) is 35.2. The Balaban J connectivity index is 1.20. The molecule has 12 aromatic carbocycles. The van der Waals surface area contributed by atoms with Gasteiger partial charge in [0.2, 0.25) is 0 Å². The van der Waals surface area contributed by atoms with Crippen molar-refractivity contribution in [2.45, 2.75) is 0 Å². The second-order valence-corrected chi connectivity index (χ2v) is 17.2. The Labute approximate surface area is 369 Å². The molecule has 2 nitrogen and oxygen atoms in total. The van der Waals surface area contributed by atoms with Gasteiger partial charge in [0, 0.05) is 32.9 Å². The SMILES string of the molecule is c1ccc2c(-c3c4cc(-n5c6ccccc6c6ccccc65)ccc4c(-c4cc5ccccc5c5ccccc45)c4cc(-n5c6ccccc6c6ccccc65)ccc34)cccc2c1. The number of nitrogens with zero attached hydrogens (tertiary/aromatic N) is 2. The van der Waals surface area contributed by atoms with Gasteiger partial charge >= 0.3 is 0 Å². The summed E-state index contributed by atoms with van der Waals surface area (Å²) in [6.07, 6.45) is 0. The molecule has 64 heavy (non-hydrogen) atoms. The van der Waals surface area contributed by atoms with E-state index in [1.807, 2.05) is 0 Å². The van der Waals surface area contributed by atoms with E-state index >= 15 is 0 Å². The van der Waals surface area contributed by atoms with Crippen molar-refractivity contribution in [2.75, 3.05) is 0 Å². The third kappa shape index (κ3) is 4.96. The predicted molar refractivity (Wildman–Crippen MR) is 274 cm³/mol. The van der Waals surface area contributed by atoms with Crippen LogP contribution in [0.25, 0.3) is 131 Å². The minimum absolute atomic E-state index is 1.14. The Bertz CT molecular complexity index is 4150. The average Bonchev–Trinajstić information content (AvgIpc) is 3.88. The maximum atomic E-state index is 2.47. The second-order valence-electron chi connectivity index (χ2n) is 17.2. The lowest BCUT2D eigenvalue weighted by Gasteiger charge is -2.22. The zero-order valence-corrected chi connectivity index (χ0v) is 34.8. The third-order valence-corrected chi connectivity index (χ3v) is 13.9. The molecule has 0 aliphatic rings. The minimum Gasteiger partial charge on any atom is -0.309 e. The molecule has 0 N–H and O–H groups in total. The van der Waals surface area contributed by atoms with Gasteiger partial charge < -0.3 is 9.13 Å². The topological polar surface area (TPSA) is 9.86 Å². The van der Waals surface area contributed by atoms with Gasteiger partial charge in [0.05, 0.1) is 22.1 Å². The molecule has 2 aromatic heterocycles. The number of rotatable bonds is 4. The molecule has 0 spiro atoms. The van der Waals surface area contributed by atoms with E-state index < -0.39 is 0 Å². The molecule has 0 unspecified atom stereocenters. The van der Waals surface area contributed by atoms with E-state index in [1.54, 1.807) is 0 Å². The van der Waals surface area contributed by atoms with Gasteiger partial charge in [0.25, 0.3) is 0 Å². The number of aromatic nitrogens is 2. The monoisotopic (exact) mass is 810 g/mol. The Morgan fingerprint density at radius 2 is 0.594 bits per heavy atom. The summed E-state index contributed by atoms with van der Waals surface area (Å²) in [5.41, 5.74) is 12.0. The maximum absolute atomic E-state index is 2.47. The van der Waals surface area contributed by atoms with Crippen LogP contribution in [-0.4, -0.2) is 9.13 Å². The van der Waals surface area contributed by atoms with E-state index in [0.717, 1.165) is 11.4 Å². The molecule has 0 aliphatic heterocycles. The summed E-state index contributed by atoms with van der Waals surface area (Å²) in [4.78, 5) is 0. The largest absolute Gasteiger partial charge is 0.309 e. The molecular formula is C62H38N2. The molecule has 2 heterocycles. The molecular weight excluding hydrogens is 773 g/mol. The second kappa shape index (κ2) is 13.5. The van der Waals surface area contributed by atoms with Crippen LogP contribution in [0.2, 0.25) is 0 Å². The van der Waals surface area contributed by atoms with Crippen LogP contribution in [-0.2, 0) is 0 Å². The van der Waals surface area contributed by atoms with E-state index in [2.05, 4.69) is 240 Å². The van der Waals surface area contributed by atoms with Gasteiger partial charge in [-0.25, -0.2) is 0 Å². The average molecular weight is 811 g/mol. The number of hydrogen-bond donors (Lipinski definition) is 0. The van der Waals surface area contributed by atoms with E-state index in [9.17, 15) is 0 Å². The Kier molecular flexibility index (Phi) is 7.43. The third-order valence-electron chi connectivity index (χ3n) is 13.9. The Hall–Kier alpha value is -8.46. The molecule has 0 bridgehead atoms. The summed E-state index contributed by atoms with van der Waals surface area (Å²) in [6, 6.07) is 85.7. The molecule has 2 heteroatoms. The van der Waals surface area contributed by atoms with Crippen LogP contribution in [0.4, 0.5) is 0 Å². The molecule has 0 saturated heterocycles. The molecule has 0 saturated carbocycles. The van der Waals surface area contributed by atoms with Gasteiger partial charge in [-0.1, -0.05) is 176 Å². The highest BCUT2D eigenvalue weighted by molar-refractivity contribution is 6.28. The van der Waals surface area contributed by atoms with E-state index in [0.29, 0.717) is 0 Å². The number of hydrogen-bond acceptors (Lipinski definition) is 0. The zero-order chi connectivity index (χ0) is 41.9. The number of benzene rings is 12. The van der Waals surface area contributed by atoms with Gasteiger partial charge in [-0.05, 0) is 131 Å². The molecule has 0 radical (unpaired) electrons. The minimum atomic E-state index is 1.14. The van der Waals surface area contributed by atoms with Crippen LogP contribution in [0.3, 0.4) is 0 Å². The summed E-state index contributed by atoms with van der Waals surface area (Å²) in [6.45, 7) is 0. The van der Waals surface area contributed by atoms with Crippen molar-refractivity contribution in [3.05, 3.63) is 231 Å². The van der Waals surface area contributed by atoms with E-state index in [-0.39, 0.29) is 0 Å². The van der Waals surface area contributed by atoms with Gasteiger partial charge in [0.1, 0.15) is 0 Å². The fourth-order valence-electron chi connectivity index (χ4n) is 11.2. The first-order chi connectivity index (χ1) is 31.8. The van der Waals surface area contributed by atoms with E-state index in [4.69, 9.17) is 0 Å². The molecule has 0 amide bonds. The number of para-hydroxylation sites is 4. The lowest BCUT2D eigenvalue weighted by Crippen LogP contribution is -1.98. The molecule has 14 rings (SSSR count). The highest BCUT2D eigenvalue weighted by atomic mass is 15.0. The lowest BCUT2D eigenvalue weighted by molar-refractivity contribution is 1.18. The van der Waals surface area contributed by atoms with Gasteiger partial charge in [-0.3, -0.25) is 0 Å². The fraction of sp³-hybridized carbons (Fsp3) is 0. The molecule has 0 fully saturated rings. The first-order valence-electron chi connectivity index (χ1n) is 22.2. The highest BCUT2D eigenvalue weighted by Crippen LogP contribution is 2.49. The summed E-state index contributed by atoms with van der Waals surface area (Å²) in [5, 5.41) is 17.4. The van der Waals surface area contributed by atoms with Gasteiger partial charge in [-0.2, -0.15) is 0 Å². The van der Waals surface area contributed by atoms with Crippen LogP contribution in [0, 0.1) is 0 Å². The summed E-state index contributed by atoms with van der Waals surface area (Å²) < 4.78 is 4.91. The van der Waals surface area contributed by atoms with Crippen molar-refractivity contribution in [1.29, 1.82) is 0 Å². The van der Waals surface area contributed by atoms with E-state index in [1.165, 1.54) is 120 Å². The highest BCUT2D eigenvalue weighted by Gasteiger charge is 2.23. The quantitative estimate of drug-likeness (QED) is 0.124. The molecule has 296 valence electrons. The van der Waals surface area contributed by atoms with Crippen molar-refractivity contribution in [2.24, 2.45) is 0 Å². The first-order valence-corrected chi connectivity index (χ1v) is 22.2. The van der Waals surface area contributed by atoms with Crippen molar-refractivity contribution in [3.63, 3.8) is 0 Å². The smallest absolute Gasteiger partial charge is 0.0541 e. The summed E-state index contributed by atoms with van der Waals surface area (Å²) in [7, 11) is 0. The van der Waals surface area contributed by atoms with Crippen LogP contribution >= 0.6 is 0 Å². The van der Waals surface area contributed by atoms with Crippen molar-refractivity contribution in [1.82, 2.24) is 9.13 Å². The number of fused-ring (bicyclic) bond motifs is 12. The predicted octanol–water partition coefficient (Wildman–Crippen LogP) is 17.0. The molecule has 0 atom stereocenters. The summed E-state index contributed by atoms with van der Waals surface area (Å²) in [5.74, 6) is 0. The lowest BCUT2D eigenvalue weighted by atomic mass is 9.82.